The van der Waals surface area contributed by atoms with Crippen LogP contribution in [0.3, 0.4) is 0 Å². The Hall–Kier alpha value is -2.27. The van der Waals surface area contributed by atoms with E-state index in [0.717, 1.165) is 59.7 Å². The fourth-order valence-corrected chi connectivity index (χ4v) is 3.96. The van der Waals surface area contributed by atoms with Crippen molar-refractivity contribution in [3.05, 3.63) is 40.5 Å². The summed E-state index contributed by atoms with van der Waals surface area (Å²) in [6.07, 6.45) is 2.31. The average Bonchev–Trinajstić information content (AvgIpc) is 2.63. The molecule has 3 heterocycles. The highest BCUT2D eigenvalue weighted by Gasteiger charge is 2.23. The van der Waals surface area contributed by atoms with Gasteiger partial charge in [0.1, 0.15) is 24.7 Å². The maximum Gasteiger partial charge on any atom is 0.246 e. The lowest BCUT2D eigenvalue weighted by Gasteiger charge is -2.31. The molecule has 5 nitrogen and oxygen atoms in total. The van der Waals surface area contributed by atoms with Crippen molar-refractivity contribution in [2.45, 2.75) is 19.8 Å². The van der Waals surface area contributed by atoms with Gasteiger partial charge < -0.3 is 26.8 Å². The van der Waals surface area contributed by atoms with Crippen LogP contribution in [0.15, 0.2) is 29.3 Å². The van der Waals surface area contributed by atoms with Crippen molar-refractivity contribution in [2.75, 3.05) is 38.2 Å². The van der Waals surface area contributed by atoms with E-state index in [1.165, 1.54) is 17.7 Å². The van der Waals surface area contributed by atoms with E-state index >= 15 is 0 Å². The Labute approximate surface area is 159 Å². The molecule has 136 valence electrons. The maximum absolute atomic E-state index is 6.25. The van der Waals surface area contributed by atoms with Crippen LogP contribution in [0.5, 0.6) is 17.2 Å². The van der Waals surface area contributed by atoms with Gasteiger partial charge in [-0.05, 0) is 31.4 Å². The smallest absolute Gasteiger partial charge is 0.246 e. The molecule has 26 heavy (non-hydrogen) atoms. The monoisotopic (exact) mass is 371 g/mol. The van der Waals surface area contributed by atoms with Crippen molar-refractivity contribution < 1.29 is 21.9 Å². The van der Waals surface area contributed by atoms with E-state index < -0.39 is 0 Å². The molecule has 0 bridgehead atoms. The number of rotatable bonds is 1. The highest BCUT2D eigenvalue weighted by Crippen LogP contribution is 2.41. The molecular formula is C20H22ClN3O2. The van der Waals surface area contributed by atoms with Gasteiger partial charge in [0.05, 0.1) is 6.07 Å². The third-order valence-corrected chi connectivity index (χ3v) is 5.35. The van der Waals surface area contributed by atoms with Crippen LogP contribution in [-0.2, 0) is 6.42 Å². The Balaban J connectivity index is 0.00000168. The summed E-state index contributed by atoms with van der Waals surface area (Å²) in [5.74, 6) is 2.55. The molecule has 3 aliphatic rings. The summed E-state index contributed by atoms with van der Waals surface area (Å²) >= 11 is 0. The molecule has 0 N–H and O–H groups in total. The Kier molecular flexibility index (Phi) is 4.27. The van der Waals surface area contributed by atoms with Crippen LogP contribution < -0.4 is 42.1 Å². The van der Waals surface area contributed by atoms with E-state index in [4.69, 9.17) is 14.5 Å². The first-order valence-electron chi connectivity index (χ1n) is 9.06. The molecule has 0 saturated heterocycles. The predicted octanol–water partition coefficient (Wildman–Crippen LogP) is -0.967. The minimum Gasteiger partial charge on any atom is -1.00 e. The first-order chi connectivity index (χ1) is 12.2. The Morgan fingerprint density at radius 2 is 2.04 bits per heavy atom. The van der Waals surface area contributed by atoms with Crippen LogP contribution in [0.1, 0.15) is 18.9 Å². The summed E-state index contributed by atoms with van der Waals surface area (Å²) < 4.78 is 14.2. The fraction of sp³-hybridized carbons (Fsp3) is 0.400. The minimum atomic E-state index is 0. The summed E-state index contributed by atoms with van der Waals surface area (Å²) in [4.78, 5) is 7.28. The number of halogens is 1. The van der Waals surface area contributed by atoms with Crippen LogP contribution in [0.2, 0.25) is 0 Å². The number of likely N-dealkylation sites (N-methyl/N-ethyl adjacent to an activating group) is 1. The fourth-order valence-electron chi connectivity index (χ4n) is 3.96. The molecule has 5 rings (SSSR count). The number of benzene rings is 2. The molecule has 0 saturated carbocycles. The second-order valence-corrected chi connectivity index (χ2v) is 6.90. The number of fused-ring (bicyclic) bond motifs is 4. The van der Waals surface area contributed by atoms with E-state index in [1.54, 1.807) is 0 Å². The van der Waals surface area contributed by atoms with Crippen LogP contribution in [0, 0.1) is 0 Å². The number of aryl methyl sites for hydroxylation is 1. The van der Waals surface area contributed by atoms with E-state index in [0.29, 0.717) is 6.61 Å². The van der Waals surface area contributed by atoms with Crippen molar-refractivity contribution in [3.63, 3.8) is 0 Å². The van der Waals surface area contributed by atoms with Gasteiger partial charge >= 0.3 is 0 Å². The lowest BCUT2D eigenvalue weighted by atomic mass is 10.00. The number of hydrogen-bond acceptors (Lipinski definition) is 4. The van der Waals surface area contributed by atoms with Crippen molar-refractivity contribution in [1.29, 1.82) is 0 Å². The SMILES string of the molecule is CCN1CCCc2cc3c(cc21)Oc1cc2c(cc1=N3)OCC[N+]=2C.[Cl-]. The molecule has 0 unspecified atom stereocenters. The normalized spacial score (nSPS) is 16.7. The van der Waals surface area contributed by atoms with Crippen LogP contribution in [0.25, 0.3) is 0 Å². The van der Waals surface area contributed by atoms with Gasteiger partial charge in [0.25, 0.3) is 0 Å². The van der Waals surface area contributed by atoms with Gasteiger partial charge in [-0.2, -0.15) is 0 Å². The topological polar surface area (TPSA) is 37.1 Å². The molecule has 0 atom stereocenters. The Bertz CT molecular complexity index is 1000. The number of hydrogen-bond donors (Lipinski definition) is 0. The van der Waals surface area contributed by atoms with E-state index in [1.807, 2.05) is 12.1 Å². The van der Waals surface area contributed by atoms with Gasteiger partial charge in [-0.25, -0.2) is 9.57 Å². The second kappa shape index (κ2) is 6.47. The van der Waals surface area contributed by atoms with Gasteiger partial charge in [-0.1, -0.05) is 0 Å². The zero-order chi connectivity index (χ0) is 17.0. The molecule has 0 fully saturated rings. The molecular weight excluding hydrogens is 350 g/mol. The lowest BCUT2D eigenvalue weighted by molar-refractivity contribution is -0.00000601. The molecule has 2 aromatic carbocycles. The second-order valence-electron chi connectivity index (χ2n) is 6.90. The van der Waals surface area contributed by atoms with Crippen molar-refractivity contribution in [3.8, 4) is 17.2 Å². The molecule has 0 amide bonds. The summed E-state index contributed by atoms with van der Waals surface area (Å²) in [7, 11) is 2.08. The summed E-state index contributed by atoms with van der Waals surface area (Å²) in [5.41, 5.74) is 3.59. The maximum atomic E-state index is 6.25. The molecule has 0 spiro atoms. The quantitative estimate of drug-likeness (QED) is 0.517. The lowest BCUT2D eigenvalue weighted by Crippen LogP contribution is -3.00. The third kappa shape index (κ3) is 2.62. The molecule has 0 aromatic heterocycles. The predicted molar refractivity (Wildman–Crippen MR) is 97.1 cm³/mol. The Morgan fingerprint density at radius 1 is 1.15 bits per heavy atom. The minimum absolute atomic E-state index is 0. The summed E-state index contributed by atoms with van der Waals surface area (Å²) in [5, 5.41) is 1.92. The zero-order valence-electron chi connectivity index (χ0n) is 15.1. The highest BCUT2D eigenvalue weighted by molar-refractivity contribution is 5.69. The van der Waals surface area contributed by atoms with E-state index in [9.17, 15) is 0 Å². The molecule has 0 aliphatic carbocycles. The number of anilines is 1. The van der Waals surface area contributed by atoms with Gasteiger partial charge in [-0.15, -0.1) is 0 Å². The van der Waals surface area contributed by atoms with Crippen molar-refractivity contribution in [2.24, 2.45) is 4.99 Å². The highest BCUT2D eigenvalue weighted by atomic mass is 35.5. The molecule has 6 heteroatoms. The average molecular weight is 372 g/mol. The molecule has 0 radical (unpaired) electrons. The number of nitrogens with zero attached hydrogens (tertiary/aromatic N) is 3. The number of ether oxygens (including phenoxy) is 2. The van der Waals surface area contributed by atoms with Crippen LogP contribution in [-0.4, -0.2) is 33.3 Å². The van der Waals surface area contributed by atoms with E-state index in [2.05, 4.69) is 35.6 Å². The standard InChI is InChI=1S/C20H22N3O2.ClH/c1-3-23-6-4-5-13-9-14-18(11-16(13)23)25-19-12-17-20(10-15(19)21-14)24-8-7-22(17)2;/h9-12H,3-8H2,1-2H3;1H/q+1;/p-1. The van der Waals surface area contributed by atoms with Crippen LogP contribution in [0.4, 0.5) is 11.4 Å². The van der Waals surface area contributed by atoms with Gasteiger partial charge in [0.2, 0.25) is 5.36 Å². The first-order valence-corrected chi connectivity index (χ1v) is 9.06. The van der Waals surface area contributed by atoms with Crippen molar-refractivity contribution >= 4 is 11.4 Å². The largest absolute Gasteiger partial charge is 1.00 e. The van der Waals surface area contributed by atoms with Gasteiger partial charge in [0.15, 0.2) is 23.8 Å². The van der Waals surface area contributed by atoms with Gasteiger partial charge in [-0.3, -0.25) is 0 Å². The third-order valence-electron chi connectivity index (χ3n) is 5.35. The van der Waals surface area contributed by atoms with Crippen LogP contribution >= 0.6 is 0 Å². The summed E-state index contributed by atoms with van der Waals surface area (Å²) in [6, 6.07) is 8.41. The molecule has 3 aliphatic heterocycles. The first kappa shape index (κ1) is 17.2. The van der Waals surface area contributed by atoms with Gasteiger partial charge in [0, 0.05) is 30.9 Å². The molecule has 2 aromatic rings. The van der Waals surface area contributed by atoms with E-state index in [-0.39, 0.29) is 12.4 Å². The Morgan fingerprint density at radius 3 is 2.88 bits per heavy atom. The zero-order valence-corrected chi connectivity index (χ0v) is 15.8. The summed E-state index contributed by atoms with van der Waals surface area (Å²) in [6.45, 7) is 5.94. The van der Waals surface area contributed by atoms with Crippen molar-refractivity contribution in [1.82, 2.24) is 4.58 Å².